The first-order chi connectivity index (χ1) is 11.0. The van der Waals surface area contributed by atoms with Gasteiger partial charge in [-0.25, -0.2) is 0 Å². The van der Waals surface area contributed by atoms with Gasteiger partial charge in [-0.3, -0.25) is 14.4 Å². The summed E-state index contributed by atoms with van der Waals surface area (Å²) in [7, 11) is 1.27. The van der Waals surface area contributed by atoms with E-state index < -0.39 is 5.91 Å². The summed E-state index contributed by atoms with van der Waals surface area (Å²) in [6.07, 6.45) is 5.89. The fraction of sp³-hybridized carbons (Fsp3) is 0.500. The molecule has 5 heteroatoms. The Hall–Kier alpha value is -2.01. The molecule has 0 aromatic heterocycles. The molecule has 0 aliphatic carbocycles. The van der Waals surface area contributed by atoms with Crippen molar-refractivity contribution < 1.29 is 19.2 Å². The Morgan fingerprint density at radius 1 is 1.26 bits per heavy atom. The van der Waals surface area contributed by atoms with Crippen molar-refractivity contribution in [1.82, 2.24) is 5.06 Å². The molecule has 0 saturated heterocycles. The standard InChI is InChI=1S/C10H11NO3.C8H16O/c1-8-5-3-4-6-9(8)10(13)11(7-12)14-2;1-3-5-6-8(4-2)7-9/h3-7H,1-2H3;7-8H,3-6H2,1-2H3. The van der Waals surface area contributed by atoms with Gasteiger partial charge in [0.25, 0.3) is 5.91 Å². The third-order valence-corrected chi connectivity index (χ3v) is 3.51. The lowest BCUT2D eigenvalue weighted by atomic mass is 10.0. The van der Waals surface area contributed by atoms with Crippen molar-refractivity contribution in [2.24, 2.45) is 5.92 Å². The van der Waals surface area contributed by atoms with Crippen molar-refractivity contribution in [3.63, 3.8) is 0 Å². The Labute approximate surface area is 138 Å². The number of rotatable bonds is 8. The van der Waals surface area contributed by atoms with Crippen LogP contribution in [0, 0.1) is 12.8 Å². The number of hydrogen-bond donors (Lipinski definition) is 0. The third-order valence-electron chi connectivity index (χ3n) is 3.51. The normalized spacial score (nSPS) is 11.0. The van der Waals surface area contributed by atoms with Crippen molar-refractivity contribution in [1.29, 1.82) is 0 Å². The quantitative estimate of drug-likeness (QED) is 0.542. The Balaban J connectivity index is 0.000000468. The molecule has 1 aromatic carbocycles. The lowest BCUT2D eigenvalue weighted by Crippen LogP contribution is -2.28. The number of nitrogens with zero attached hydrogens (tertiary/aromatic N) is 1. The average Bonchev–Trinajstić information content (AvgIpc) is 2.58. The van der Waals surface area contributed by atoms with Crippen molar-refractivity contribution in [3.05, 3.63) is 35.4 Å². The molecule has 5 nitrogen and oxygen atoms in total. The molecule has 0 fully saturated rings. The van der Waals surface area contributed by atoms with E-state index in [4.69, 9.17) is 0 Å². The zero-order valence-electron chi connectivity index (χ0n) is 14.5. The Kier molecular flexibility index (Phi) is 11.4. The highest BCUT2D eigenvalue weighted by molar-refractivity contribution is 5.99. The van der Waals surface area contributed by atoms with Crippen LogP contribution in [0.1, 0.15) is 55.5 Å². The Bertz CT molecular complexity index is 488. The summed E-state index contributed by atoms with van der Waals surface area (Å²) in [5.74, 6) is -0.134. The maximum absolute atomic E-state index is 11.6. The highest BCUT2D eigenvalue weighted by atomic mass is 16.7. The van der Waals surface area contributed by atoms with Crippen LogP contribution in [0.4, 0.5) is 0 Å². The number of benzene rings is 1. The van der Waals surface area contributed by atoms with Crippen LogP contribution in [0.5, 0.6) is 0 Å². The molecule has 1 rings (SSSR count). The van der Waals surface area contributed by atoms with Gasteiger partial charge in [-0.1, -0.05) is 44.9 Å². The molecule has 128 valence electrons. The van der Waals surface area contributed by atoms with Gasteiger partial charge < -0.3 is 4.79 Å². The molecule has 0 radical (unpaired) electrons. The van der Waals surface area contributed by atoms with E-state index in [0.29, 0.717) is 23.0 Å². The molecule has 1 atom stereocenters. The third kappa shape index (κ3) is 7.70. The van der Waals surface area contributed by atoms with Crippen LogP contribution in [0.2, 0.25) is 0 Å². The predicted molar refractivity (Wildman–Crippen MR) is 89.8 cm³/mol. The number of hydroxylamine groups is 2. The van der Waals surface area contributed by atoms with Gasteiger partial charge in [0.05, 0.1) is 7.11 Å². The summed E-state index contributed by atoms with van der Waals surface area (Å²) >= 11 is 0. The lowest BCUT2D eigenvalue weighted by molar-refractivity contribution is -0.146. The van der Waals surface area contributed by atoms with E-state index >= 15 is 0 Å². The van der Waals surface area contributed by atoms with Crippen LogP contribution >= 0.6 is 0 Å². The Morgan fingerprint density at radius 2 is 1.91 bits per heavy atom. The fourth-order valence-electron chi connectivity index (χ4n) is 1.94. The Morgan fingerprint density at radius 3 is 2.35 bits per heavy atom. The number of imide groups is 1. The molecule has 0 bridgehead atoms. The second kappa shape index (κ2) is 12.5. The number of carbonyl (C=O) groups is 3. The molecule has 1 aromatic rings. The molecule has 2 amide bonds. The maximum atomic E-state index is 11.6. The number of unbranched alkanes of at least 4 members (excludes halogenated alkanes) is 1. The molecule has 1 unspecified atom stereocenters. The second-order valence-electron chi connectivity index (χ2n) is 5.18. The van der Waals surface area contributed by atoms with E-state index in [1.54, 1.807) is 25.1 Å². The second-order valence-corrected chi connectivity index (χ2v) is 5.18. The van der Waals surface area contributed by atoms with Crippen molar-refractivity contribution in [3.8, 4) is 0 Å². The number of hydrogen-bond acceptors (Lipinski definition) is 4. The van der Waals surface area contributed by atoms with Crippen molar-refractivity contribution >= 4 is 18.6 Å². The van der Waals surface area contributed by atoms with Gasteiger partial charge in [0.1, 0.15) is 6.29 Å². The first-order valence-corrected chi connectivity index (χ1v) is 7.89. The molecule has 0 aliphatic heterocycles. The lowest BCUT2D eigenvalue weighted by Gasteiger charge is -2.12. The summed E-state index contributed by atoms with van der Waals surface area (Å²) in [6.45, 7) is 6.01. The van der Waals surface area contributed by atoms with Gasteiger partial charge in [0.15, 0.2) is 0 Å². The van der Waals surface area contributed by atoms with Gasteiger partial charge in [-0.15, -0.1) is 0 Å². The number of amides is 2. The van der Waals surface area contributed by atoms with E-state index in [2.05, 4.69) is 18.7 Å². The van der Waals surface area contributed by atoms with E-state index in [1.807, 2.05) is 6.07 Å². The average molecular weight is 321 g/mol. The molecular formula is C18H27NO4. The van der Waals surface area contributed by atoms with Crippen LogP contribution in [0.15, 0.2) is 24.3 Å². The van der Waals surface area contributed by atoms with Crippen LogP contribution in [-0.2, 0) is 14.4 Å². The van der Waals surface area contributed by atoms with Gasteiger partial charge in [-0.2, -0.15) is 5.06 Å². The summed E-state index contributed by atoms with van der Waals surface area (Å²) in [6, 6.07) is 7.00. The minimum Gasteiger partial charge on any atom is -0.303 e. The molecule has 23 heavy (non-hydrogen) atoms. The van der Waals surface area contributed by atoms with Crippen molar-refractivity contribution in [2.75, 3.05) is 7.11 Å². The molecule has 0 aliphatic rings. The van der Waals surface area contributed by atoms with E-state index in [9.17, 15) is 14.4 Å². The zero-order valence-corrected chi connectivity index (χ0v) is 14.5. The maximum Gasteiger partial charge on any atom is 0.284 e. The molecule has 0 saturated carbocycles. The van der Waals surface area contributed by atoms with Gasteiger partial charge in [0.2, 0.25) is 6.41 Å². The minimum absolute atomic E-state index is 0.324. The summed E-state index contributed by atoms with van der Waals surface area (Å²) in [5, 5.41) is 0.655. The van der Waals surface area contributed by atoms with Gasteiger partial charge >= 0.3 is 0 Å². The van der Waals surface area contributed by atoms with Crippen LogP contribution in [0.3, 0.4) is 0 Å². The molecule has 0 heterocycles. The zero-order chi connectivity index (χ0) is 17.7. The molecular weight excluding hydrogens is 294 g/mol. The number of carbonyl (C=O) groups excluding carboxylic acids is 3. The monoisotopic (exact) mass is 321 g/mol. The van der Waals surface area contributed by atoms with E-state index in [0.717, 1.165) is 24.7 Å². The topological polar surface area (TPSA) is 63.7 Å². The first-order valence-electron chi connectivity index (χ1n) is 7.89. The molecule has 0 N–H and O–H groups in total. The molecule has 0 spiro atoms. The van der Waals surface area contributed by atoms with Crippen LogP contribution in [-0.4, -0.2) is 30.8 Å². The summed E-state index contributed by atoms with van der Waals surface area (Å²) in [4.78, 5) is 36.9. The summed E-state index contributed by atoms with van der Waals surface area (Å²) in [5.41, 5.74) is 1.27. The summed E-state index contributed by atoms with van der Waals surface area (Å²) < 4.78 is 0. The number of aryl methyl sites for hydroxylation is 1. The van der Waals surface area contributed by atoms with Crippen LogP contribution in [0.25, 0.3) is 0 Å². The van der Waals surface area contributed by atoms with Crippen molar-refractivity contribution in [2.45, 2.75) is 46.5 Å². The van der Waals surface area contributed by atoms with Gasteiger partial charge in [-0.05, 0) is 31.4 Å². The largest absolute Gasteiger partial charge is 0.303 e. The first kappa shape index (κ1) is 21.0. The van der Waals surface area contributed by atoms with E-state index in [-0.39, 0.29) is 0 Å². The van der Waals surface area contributed by atoms with E-state index in [1.165, 1.54) is 20.0 Å². The fourth-order valence-corrected chi connectivity index (χ4v) is 1.94. The highest BCUT2D eigenvalue weighted by Crippen LogP contribution is 2.09. The van der Waals surface area contributed by atoms with Crippen LogP contribution < -0.4 is 0 Å². The van der Waals surface area contributed by atoms with Gasteiger partial charge in [0, 0.05) is 11.5 Å². The predicted octanol–water partition coefficient (Wildman–Crippen LogP) is 3.56. The SMILES string of the molecule is CCCCC(C=O)CC.CON(C=O)C(=O)c1ccccc1C. The number of aldehydes is 1. The highest BCUT2D eigenvalue weighted by Gasteiger charge is 2.15. The minimum atomic E-state index is -0.458. The smallest absolute Gasteiger partial charge is 0.284 e.